The second-order valence-corrected chi connectivity index (χ2v) is 22.0. The summed E-state index contributed by atoms with van der Waals surface area (Å²) in [5.74, 6) is -0.217. The van der Waals surface area contributed by atoms with Gasteiger partial charge in [-0.2, -0.15) is 0 Å². The number of hydrogen-bond donors (Lipinski definition) is 2. The van der Waals surface area contributed by atoms with Gasteiger partial charge in [-0.25, -0.2) is 0 Å². The first-order chi connectivity index (χ1) is 35.0. The van der Waals surface area contributed by atoms with Gasteiger partial charge in [-0.15, -0.1) is 0 Å². The zero-order valence-corrected chi connectivity index (χ0v) is 48.0. The van der Waals surface area contributed by atoms with Crippen LogP contribution < -0.4 is 10.2 Å². The van der Waals surface area contributed by atoms with Gasteiger partial charge in [0.1, 0.15) is 13.2 Å². The number of rotatable bonds is 52. The molecule has 3 atom stereocenters. The van der Waals surface area contributed by atoms with Gasteiger partial charge in [0.15, 0.2) is 0 Å². The van der Waals surface area contributed by atoms with Crippen molar-refractivity contribution in [3.63, 3.8) is 0 Å². The second kappa shape index (κ2) is 53.0. The van der Waals surface area contributed by atoms with Crippen molar-refractivity contribution in [2.24, 2.45) is 0 Å². The normalized spacial score (nSPS) is 14.7. The maximum atomic E-state index is 13.0. The molecule has 8 nitrogen and oxygen atoms in total. The molecule has 0 aromatic rings. The Bertz CT molecular complexity index is 1540. The summed E-state index contributed by atoms with van der Waals surface area (Å²) >= 11 is 0. The van der Waals surface area contributed by atoms with E-state index in [0.717, 1.165) is 96.3 Å². The van der Waals surface area contributed by atoms with Crippen molar-refractivity contribution in [1.29, 1.82) is 0 Å². The Morgan fingerprint density at radius 3 is 1.29 bits per heavy atom. The van der Waals surface area contributed by atoms with Crippen LogP contribution in [-0.4, -0.2) is 68.5 Å². The van der Waals surface area contributed by atoms with E-state index in [0.29, 0.717) is 17.4 Å². The van der Waals surface area contributed by atoms with E-state index in [1.807, 2.05) is 27.2 Å². The Morgan fingerprint density at radius 1 is 0.500 bits per heavy atom. The van der Waals surface area contributed by atoms with E-state index < -0.39 is 26.6 Å². The number of quaternary nitrogens is 1. The lowest BCUT2D eigenvalue weighted by Gasteiger charge is -2.29. The van der Waals surface area contributed by atoms with Crippen LogP contribution in [0.2, 0.25) is 0 Å². The van der Waals surface area contributed by atoms with Crippen molar-refractivity contribution in [1.82, 2.24) is 5.32 Å². The topological polar surface area (TPSA) is 108 Å². The third kappa shape index (κ3) is 54.9. The third-order valence-corrected chi connectivity index (χ3v) is 13.4. The fourth-order valence-electron chi connectivity index (χ4n) is 7.91. The van der Waals surface area contributed by atoms with E-state index in [4.69, 9.17) is 9.05 Å². The number of phosphoric acid groups is 1. The van der Waals surface area contributed by atoms with Gasteiger partial charge < -0.3 is 28.8 Å². The highest BCUT2D eigenvalue weighted by Crippen LogP contribution is 2.38. The second-order valence-electron chi connectivity index (χ2n) is 20.6. The molecule has 0 aliphatic rings. The number of carbonyl (C=O) groups is 1. The number of nitrogens with zero attached hydrogens (tertiary/aromatic N) is 1. The lowest BCUT2D eigenvalue weighted by atomic mass is 10.0. The summed E-state index contributed by atoms with van der Waals surface area (Å²) in [6.45, 7) is 4.51. The van der Waals surface area contributed by atoms with Crippen LogP contribution in [0.25, 0.3) is 0 Å². The van der Waals surface area contributed by atoms with E-state index in [9.17, 15) is 19.4 Å². The minimum atomic E-state index is -4.61. The highest BCUT2D eigenvalue weighted by Gasteiger charge is 2.23. The monoisotopic (exact) mass is 1020 g/mol. The molecule has 0 aliphatic heterocycles. The van der Waals surface area contributed by atoms with E-state index >= 15 is 0 Å². The standard InChI is InChI=1S/C63H111N2O6P/c1-6-8-10-12-14-16-18-20-22-24-26-27-28-29-30-31-32-33-34-35-36-37-39-41-43-45-47-49-51-53-55-57-63(67)64-61(60-71-72(68,69)70-59-58-65(3,4)5)62(66)56-54-52-50-48-46-44-42-40-38-25-23-21-19-17-15-13-11-9-7-2/h8,10,14,16,20,22,26-27,29-30,32-33,35-36,46,48,54,56,61-62,66H,6-7,9,11-13,15,17-19,21,23-25,28,31,34,37-45,47,49-53,55,57-60H2,1-5H3,(H-,64,67,68,69)/b10-8-,16-14-,22-20-,27-26-,30-29-,33-32-,36-35-,48-46+,56-54+. The molecule has 0 rings (SSSR count). The van der Waals surface area contributed by atoms with Crippen molar-refractivity contribution >= 4 is 13.7 Å². The fraction of sp³-hybridized carbons (Fsp3) is 0.698. The highest BCUT2D eigenvalue weighted by molar-refractivity contribution is 7.45. The first-order valence-electron chi connectivity index (χ1n) is 29.2. The SMILES string of the molecule is CC/C=C\C/C=C\C/C=C\C/C=C\C/C=C\C/C=C\C/C=C\CCCCCCCCCCCC(=O)NC(COP(=O)([O-])OCC[N+](C)(C)C)C(O)/C=C/CC/C=C/CCCCCCCCCCCCCCC. The summed E-state index contributed by atoms with van der Waals surface area (Å²) < 4.78 is 23.3. The molecule has 0 saturated heterocycles. The number of nitrogens with one attached hydrogen (secondary N) is 1. The number of carbonyl (C=O) groups excluding carboxylic acids is 1. The number of phosphoric ester groups is 1. The Hall–Kier alpha value is -2.84. The molecule has 3 unspecified atom stereocenters. The van der Waals surface area contributed by atoms with Gasteiger partial charge in [0.2, 0.25) is 5.91 Å². The summed E-state index contributed by atoms with van der Waals surface area (Å²) in [4.78, 5) is 25.5. The van der Waals surface area contributed by atoms with E-state index in [1.54, 1.807) is 6.08 Å². The van der Waals surface area contributed by atoms with Gasteiger partial charge in [-0.05, 0) is 89.9 Å². The molecular formula is C63H111N2O6P. The molecule has 0 heterocycles. The Kier molecular flexibility index (Phi) is 50.9. The average Bonchev–Trinajstić information content (AvgIpc) is 3.34. The minimum absolute atomic E-state index is 0.0128. The molecule has 0 aromatic carbocycles. The first-order valence-corrected chi connectivity index (χ1v) is 30.7. The van der Waals surface area contributed by atoms with Crippen LogP contribution in [0.4, 0.5) is 0 Å². The van der Waals surface area contributed by atoms with Crippen LogP contribution in [0.3, 0.4) is 0 Å². The van der Waals surface area contributed by atoms with Gasteiger partial charge in [-0.3, -0.25) is 9.36 Å². The summed E-state index contributed by atoms with van der Waals surface area (Å²) in [6, 6.07) is -0.915. The van der Waals surface area contributed by atoms with Crippen molar-refractivity contribution in [3.8, 4) is 0 Å². The summed E-state index contributed by atoms with van der Waals surface area (Å²) in [6.07, 6.45) is 77.3. The van der Waals surface area contributed by atoms with Crippen molar-refractivity contribution in [3.05, 3.63) is 109 Å². The molecule has 9 heteroatoms. The van der Waals surface area contributed by atoms with Gasteiger partial charge in [0, 0.05) is 6.42 Å². The molecule has 2 N–H and O–H groups in total. The van der Waals surface area contributed by atoms with E-state index in [2.05, 4.69) is 116 Å². The smallest absolute Gasteiger partial charge is 0.268 e. The number of unbranched alkanes of at least 4 members (excludes halogenated alkanes) is 23. The summed E-state index contributed by atoms with van der Waals surface area (Å²) in [7, 11) is 1.23. The molecule has 0 fully saturated rings. The first kappa shape index (κ1) is 69.2. The molecule has 0 aromatic heterocycles. The molecule has 0 aliphatic carbocycles. The molecular weight excluding hydrogens is 912 g/mol. The van der Waals surface area contributed by atoms with Gasteiger partial charge >= 0.3 is 0 Å². The van der Waals surface area contributed by atoms with Gasteiger partial charge in [0.05, 0.1) is 39.9 Å². The summed E-state index contributed by atoms with van der Waals surface area (Å²) in [5, 5.41) is 13.9. The zero-order chi connectivity index (χ0) is 52.7. The highest BCUT2D eigenvalue weighted by atomic mass is 31.2. The Labute approximate surface area is 444 Å². The third-order valence-electron chi connectivity index (χ3n) is 12.5. The molecule has 0 spiro atoms. The fourth-order valence-corrected chi connectivity index (χ4v) is 8.64. The maximum Gasteiger partial charge on any atom is 0.268 e. The Balaban J connectivity index is 4.26. The molecule has 414 valence electrons. The molecule has 0 radical (unpaired) electrons. The average molecular weight is 1020 g/mol. The number of aliphatic hydroxyl groups is 1. The Morgan fingerprint density at radius 2 is 0.861 bits per heavy atom. The van der Waals surface area contributed by atoms with Crippen molar-refractivity contribution in [2.45, 2.75) is 244 Å². The lowest BCUT2D eigenvalue weighted by Crippen LogP contribution is -2.45. The van der Waals surface area contributed by atoms with E-state index in [-0.39, 0.29) is 12.5 Å². The number of hydrogen-bond acceptors (Lipinski definition) is 6. The van der Waals surface area contributed by atoms with Crippen LogP contribution >= 0.6 is 7.82 Å². The quantitative estimate of drug-likeness (QED) is 0.0272. The number of allylic oxidation sites excluding steroid dienone is 17. The molecule has 72 heavy (non-hydrogen) atoms. The van der Waals surface area contributed by atoms with Crippen LogP contribution in [0, 0.1) is 0 Å². The molecule has 0 saturated carbocycles. The maximum absolute atomic E-state index is 13.0. The van der Waals surface area contributed by atoms with Crippen molar-refractivity contribution in [2.75, 3.05) is 40.9 Å². The van der Waals surface area contributed by atoms with Crippen LogP contribution in [0.1, 0.15) is 232 Å². The van der Waals surface area contributed by atoms with Crippen LogP contribution in [0.5, 0.6) is 0 Å². The van der Waals surface area contributed by atoms with Crippen molar-refractivity contribution < 1.29 is 32.9 Å². The van der Waals surface area contributed by atoms with E-state index in [1.165, 1.54) is 116 Å². The molecule has 0 bridgehead atoms. The van der Waals surface area contributed by atoms with Crippen LogP contribution in [0.15, 0.2) is 109 Å². The van der Waals surface area contributed by atoms with Crippen LogP contribution in [-0.2, 0) is 18.4 Å². The summed E-state index contributed by atoms with van der Waals surface area (Å²) in [5.41, 5.74) is 0. The van der Waals surface area contributed by atoms with Gasteiger partial charge in [-0.1, -0.05) is 245 Å². The number of aliphatic hydroxyl groups excluding tert-OH is 1. The number of likely N-dealkylation sites (N-methyl/N-ethyl adjacent to an activating group) is 1. The lowest BCUT2D eigenvalue weighted by molar-refractivity contribution is -0.870. The number of amides is 1. The minimum Gasteiger partial charge on any atom is -0.756 e. The predicted molar refractivity (Wildman–Crippen MR) is 311 cm³/mol. The predicted octanol–water partition coefficient (Wildman–Crippen LogP) is 17.3. The zero-order valence-electron chi connectivity index (χ0n) is 47.1. The molecule has 1 amide bonds. The van der Waals surface area contributed by atoms with Gasteiger partial charge in [0.25, 0.3) is 7.82 Å². The largest absolute Gasteiger partial charge is 0.756 e.